The smallest absolute Gasteiger partial charge is 0.277 e. The molecule has 0 fully saturated rings. The number of carbonyl (C=O) groups excluding carboxylic acids is 1. The molecular weight excluding hydrogens is 336 g/mol. The maximum Gasteiger partial charge on any atom is 0.277 e. The second kappa shape index (κ2) is 6.46. The van der Waals surface area contributed by atoms with Crippen molar-refractivity contribution in [3.05, 3.63) is 21.9 Å². The number of ether oxygens (including phenoxy) is 1. The normalized spacial score (nSPS) is 17.0. The van der Waals surface area contributed by atoms with Crippen molar-refractivity contribution in [2.24, 2.45) is 5.10 Å². The van der Waals surface area contributed by atoms with Crippen molar-refractivity contribution < 1.29 is 19.7 Å². The van der Waals surface area contributed by atoms with E-state index in [1.54, 1.807) is 6.92 Å². The zero-order valence-corrected chi connectivity index (χ0v) is 14.3. The van der Waals surface area contributed by atoms with E-state index in [2.05, 4.69) is 5.10 Å². The highest BCUT2D eigenvalue weighted by Gasteiger charge is 2.35. The van der Waals surface area contributed by atoms with E-state index in [-0.39, 0.29) is 17.4 Å². The summed E-state index contributed by atoms with van der Waals surface area (Å²) in [4.78, 5) is 13.7. The summed E-state index contributed by atoms with van der Waals surface area (Å²) in [7, 11) is 0. The summed E-state index contributed by atoms with van der Waals surface area (Å²) in [6, 6.07) is 2.89. The molecule has 0 spiro atoms. The number of amides is 1. The van der Waals surface area contributed by atoms with E-state index in [1.165, 1.54) is 40.7 Å². The van der Waals surface area contributed by atoms with Crippen molar-refractivity contribution in [1.29, 1.82) is 0 Å². The third kappa shape index (κ3) is 2.93. The molecule has 122 valence electrons. The van der Waals surface area contributed by atoms with Gasteiger partial charge in [0.25, 0.3) is 5.91 Å². The number of fused-ring (bicyclic) bond motifs is 1. The van der Waals surface area contributed by atoms with Crippen LogP contribution in [0.3, 0.4) is 0 Å². The molecule has 0 bridgehead atoms. The number of aromatic hydroxyl groups is 2. The minimum absolute atomic E-state index is 0.0964. The highest BCUT2D eigenvalue weighted by Crippen LogP contribution is 2.58. The van der Waals surface area contributed by atoms with Crippen LogP contribution >= 0.6 is 23.5 Å². The first-order chi connectivity index (χ1) is 11.0. The summed E-state index contributed by atoms with van der Waals surface area (Å²) >= 11 is 2.57. The number of hydrazone groups is 1. The summed E-state index contributed by atoms with van der Waals surface area (Å²) in [6.07, 6.45) is 0. The van der Waals surface area contributed by atoms with Crippen LogP contribution in [0.2, 0.25) is 0 Å². The molecule has 3 rings (SSSR count). The van der Waals surface area contributed by atoms with Gasteiger partial charge in [-0.2, -0.15) is 5.10 Å². The molecule has 2 heterocycles. The van der Waals surface area contributed by atoms with Crippen LogP contribution < -0.4 is 0 Å². The molecule has 1 aromatic carbocycles. The molecule has 0 aromatic heterocycles. The molecule has 0 aliphatic carbocycles. The van der Waals surface area contributed by atoms with Crippen molar-refractivity contribution in [1.82, 2.24) is 5.01 Å². The number of rotatable bonds is 4. The molecule has 1 aromatic rings. The molecule has 0 saturated heterocycles. The quantitative estimate of drug-likeness (QED) is 0.493. The maximum absolute atomic E-state index is 12.6. The molecular formula is C15H16N2O4S2. The van der Waals surface area contributed by atoms with Gasteiger partial charge in [0, 0.05) is 6.61 Å². The number of benzene rings is 1. The van der Waals surface area contributed by atoms with E-state index in [9.17, 15) is 15.0 Å². The van der Waals surface area contributed by atoms with Crippen LogP contribution in [-0.2, 0) is 9.53 Å². The van der Waals surface area contributed by atoms with E-state index in [4.69, 9.17) is 4.74 Å². The summed E-state index contributed by atoms with van der Waals surface area (Å²) in [5.74, 6) is 0.0160. The average Bonchev–Trinajstić information content (AvgIpc) is 3.06. The third-order valence-electron chi connectivity index (χ3n) is 3.40. The first kappa shape index (κ1) is 16.2. The maximum atomic E-state index is 12.6. The monoisotopic (exact) mass is 352 g/mol. The number of hydrogen-bond acceptors (Lipinski definition) is 7. The van der Waals surface area contributed by atoms with Gasteiger partial charge in [-0.1, -0.05) is 23.5 Å². The largest absolute Gasteiger partial charge is 0.507 e. The van der Waals surface area contributed by atoms with Crippen LogP contribution in [0.15, 0.2) is 36.8 Å². The molecule has 6 nitrogen and oxygen atoms in total. The Morgan fingerprint density at radius 2 is 1.83 bits per heavy atom. The number of thioether (sulfide) groups is 2. The van der Waals surface area contributed by atoms with E-state index in [0.717, 1.165) is 4.24 Å². The molecule has 0 radical (unpaired) electrons. The number of carbonyl (C=O) groups is 1. The molecule has 0 atom stereocenters. The zero-order valence-electron chi connectivity index (χ0n) is 12.7. The van der Waals surface area contributed by atoms with Crippen LogP contribution in [0.25, 0.3) is 0 Å². The molecule has 2 aliphatic heterocycles. The van der Waals surface area contributed by atoms with Crippen LogP contribution in [0, 0.1) is 0 Å². The van der Waals surface area contributed by atoms with E-state index >= 15 is 0 Å². The molecule has 0 unspecified atom stereocenters. The van der Waals surface area contributed by atoms with Gasteiger partial charge in [0.15, 0.2) is 0 Å². The predicted octanol–water partition coefficient (Wildman–Crippen LogP) is 2.76. The van der Waals surface area contributed by atoms with Gasteiger partial charge >= 0.3 is 0 Å². The van der Waals surface area contributed by atoms with Gasteiger partial charge in [0.2, 0.25) is 0 Å². The number of phenolic OH excluding ortho intramolecular Hbond substituents is 2. The van der Waals surface area contributed by atoms with E-state index in [0.29, 0.717) is 40.8 Å². The fourth-order valence-corrected chi connectivity index (χ4v) is 4.99. The standard InChI is InChI=1S/C15H16N2O4S2/c1-3-21-7-6-17-14(20)11(8(2)16-17)15-22-12-9(18)4-5-10(19)13(12)23-15/h4-5,18-19H,3,6-7H2,1-2H3. The van der Waals surface area contributed by atoms with Crippen LogP contribution in [0.5, 0.6) is 11.5 Å². The SMILES string of the molecule is CCOCCN1N=C(C)C(=C2Sc3c(O)ccc(O)c3S2)C1=O. The van der Waals surface area contributed by atoms with Crippen molar-refractivity contribution in [3.63, 3.8) is 0 Å². The van der Waals surface area contributed by atoms with Gasteiger partial charge in [-0.05, 0) is 26.0 Å². The van der Waals surface area contributed by atoms with Gasteiger partial charge in [0.05, 0.1) is 38.5 Å². The minimum Gasteiger partial charge on any atom is -0.507 e. The predicted molar refractivity (Wildman–Crippen MR) is 89.8 cm³/mol. The van der Waals surface area contributed by atoms with Crippen molar-refractivity contribution in [2.45, 2.75) is 23.6 Å². The van der Waals surface area contributed by atoms with E-state index < -0.39 is 0 Å². The molecule has 0 saturated carbocycles. The Morgan fingerprint density at radius 3 is 2.39 bits per heavy atom. The fourth-order valence-electron chi connectivity index (χ4n) is 2.29. The lowest BCUT2D eigenvalue weighted by molar-refractivity contribution is -0.126. The Bertz CT molecular complexity index is 697. The molecule has 23 heavy (non-hydrogen) atoms. The summed E-state index contributed by atoms with van der Waals surface area (Å²) < 4.78 is 5.99. The van der Waals surface area contributed by atoms with Crippen molar-refractivity contribution >= 4 is 35.1 Å². The van der Waals surface area contributed by atoms with Crippen LogP contribution in [0.1, 0.15) is 13.8 Å². The zero-order chi connectivity index (χ0) is 16.6. The third-order valence-corrected chi connectivity index (χ3v) is 6.04. The lowest BCUT2D eigenvalue weighted by atomic mass is 10.2. The van der Waals surface area contributed by atoms with Gasteiger partial charge in [-0.15, -0.1) is 0 Å². The number of nitrogens with zero attached hydrogens (tertiary/aromatic N) is 2. The van der Waals surface area contributed by atoms with Crippen LogP contribution in [-0.4, -0.2) is 46.6 Å². The molecule has 8 heteroatoms. The topological polar surface area (TPSA) is 82.4 Å². The lowest BCUT2D eigenvalue weighted by Crippen LogP contribution is -2.26. The van der Waals surface area contributed by atoms with Gasteiger partial charge in [-0.25, -0.2) is 5.01 Å². The highest BCUT2D eigenvalue weighted by molar-refractivity contribution is 8.25. The highest BCUT2D eigenvalue weighted by atomic mass is 32.2. The van der Waals surface area contributed by atoms with Crippen molar-refractivity contribution in [2.75, 3.05) is 19.8 Å². The Kier molecular flexibility index (Phi) is 4.56. The van der Waals surface area contributed by atoms with Gasteiger partial charge < -0.3 is 14.9 Å². The second-order valence-electron chi connectivity index (χ2n) is 4.94. The number of hydrogen-bond donors (Lipinski definition) is 2. The minimum atomic E-state index is -0.177. The molecule has 2 aliphatic rings. The average molecular weight is 352 g/mol. The summed E-state index contributed by atoms with van der Waals surface area (Å²) in [6.45, 7) is 5.11. The Labute approximate surface area is 142 Å². The van der Waals surface area contributed by atoms with Crippen molar-refractivity contribution in [3.8, 4) is 11.5 Å². The number of phenols is 2. The van der Waals surface area contributed by atoms with Gasteiger partial charge in [-0.3, -0.25) is 4.79 Å². The summed E-state index contributed by atoms with van der Waals surface area (Å²) in [5.41, 5.74) is 1.15. The molecule has 1 amide bonds. The first-order valence-electron chi connectivity index (χ1n) is 7.13. The Hall–Kier alpha value is -1.64. The lowest BCUT2D eigenvalue weighted by Gasteiger charge is -2.11. The van der Waals surface area contributed by atoms with Crippen LogP contribution in [0.4, 0.5) is 0 Å². The fraction of sp³-hybridized carbons (Fsp3) is 0.333. The first-order valence-corrected chi connectivity index (χ1v) is 8.76. The van der Waals surface area contributed by atoms with Gasteiger partial charge in [0.1, 0.15) is 11.5 Å². The summed E-state index contributed by atoms with van der Waals surface area (Å²) in [5, 5.41) is 25.6. The Balaban J connectivity index is 1.87. The second-order valence-corrected chi connectivity index (χ2v) is 7.24. The Morgan fingerprint density at radius 1 is 1.22 bits per heavy atom. The molecule has 2 N–H and O–H groups in total. The van der Waals surface area contributed by atoms with E-state index in [1.807, 2.05) is 6.92 Å².